The molecule has 2 aromatic carbocycles. The van der Waals surface area contributed by atoms with Crippen LogP contribution in [0.5, 0.6) is 0 Å². The predicted molar refractivity (Wildman–Crippen MR) is 105 cm³/mol. The van der Waals surface area contributed by atoms with E-state index in [1.54, 1.807) is 0 Å². The van der Waals surface area contributed by atoms with Gasteiger partial charge in [-0.25, -0.2) is 13.6 Å². The summed E-state index contributed by atoms with van der Waals surface area (Å²) in [5.41, 5.74) is 6.03. The number of rotatable bonds is 3. The van der Waals surface area contributed by atoms with Crippen LogP contribution in [0.3, 0.4) is 0 Å². The van der Waals surface area contributed by atoms with Crippen molar-refractivity contribution in [3.05, 3.63) is 70.6 Å². The van der Waals surface area contributed by atoms with E-state index in [2.05, 4.69) is 0 Å². The molecule has 1 aliphatic heterocycles. The number of carboxylic acids is 1. The minimum absolute atomic E-state index is 0.0990. The lowest BCUT2D eigenvalue weighted by Crippen LogP contribution is -2.08. The maximum atomic E-state index is 14.3. The van der Waals surface area contributed by atoms with Crippen LogP contribution < -0.4 is 11.1 Å². The first-order chi connectivity index (χ1) is 14.2. The third-order valence-corrected chi connectivity index (χ3v) is 4.85. The van der Waals surface area contributed by atoms with E-state index in [9.17, 15) is 23.5 Å². The summed E-state index contributed by atoms with van der Waals surface area (Å²) in [6.45, 7) is 1.30. The molecule has 8 heteroatoms. The zero-order valence-corrected chi connectivity index (χ0v) is 15.5. The average Bonchev–Trinajstić information content (AvgIpc) is 2.68. The van der Waals surface area contributed by atoms with Gasteiger partial charge in [-0.15, -0.1) is 0 Å². The molecule has 0 atom stereocenters. The highest BCUT2D eigenvalue weighted by atomic mass is 19.1. The number of carbonyl (C=O) groups excluding carboxylic acids is 1. The van der Waals surface area contributed by atoms with E-state index in [0.29, 0.717) is 0 Å². The number of aromatic carboxylic acids is 1. The number of benzene rings is 3. The van der Waals surface area contributed by atoms with Crippen LogP contribution in [0.1, 0.15) is 27.6 Å². The zero-order valence-electron chi connectivity index (χ0n) is 15.5. The van der Waals surface area contributed by atoms with Gasteiger partial charge in [-0.3, -0.25) is 10.2 Å². The van der Waals surface area contributed by atoms with Crippen LogP contribution >= 0.6 is 0 Å². The van der Waals surface area contributed by atoms with Crippen LogP contribution in [0.15, 0.2) is 46.9 Å². The summed E-state index contributed by atoms with van der Waals surface area (Å²) in [7, 11) is 0. The Bertz CT molecular complexity index is 1410. The number of Topliss-reactive ketones (excluding diaryl/α,β-unsaturated/α-hetero) is 1. The lowest BCUT2D eigenvalue weighted by molar-refractivity contribution is 0.0697. The van der Waals surface area contributed by atoms with E-state index in [4.69, 9.17) is 15.6 Å². The second kappa shape index (κ2) is 6.77. The number of anilines is 1. The lowest BCUT2D eigenvalue weighted by atomic mass is 9.89. The second-order valence-electron chi connectivity index (χ2n) is 6.80. The van der Waals surface area contributed by atoms with Crippen LogP contribution in [0.4, 0.5) is 14.5 Å². The average molecular weight is 408 g/mol. The zero-order chi connectivity index (χ0) is 21.7. The van der Waals surface area contributed by atoms with Gasteiger partial charge in [0.25, 0.3) is 0 Å². The summed E-state index contributed by atoms with van der Waals surface area (Å²) >= 11 is 0. The fraction of sp³-hybridized carbons (Fsp3) is 0.0455. The third kappa shape index (κ3) is 2.98. The molecule has 30 heavy (non-hydrogen) atoms. The third-order valence-electron chi connectivity index (χ3n) is 4.85. The highest BCUT2D eigenvalue weighted by Gasteiger charge is 2.24. The highest BCUT2D eigenvalue weighted by Crippen LogP contribution is 2.42. The number of fused-ring (bicyclic) bond motifs is 2. The smallest absolute Gasteiger partial charge is 0.336 e. The van der Waals surface area contributed by atoms with Gasteiger partial charge in [0.05, 0.1) is 16.6 Å². The molecule has 0 saturated carbocycles. The lowest BCUT2D eigenvalue weighted by Gasteiger charge is -2.18. The van der Waals surface area contributed by atoms with E-state index in [1.165, 1.54) is 31.2 Å². The Morgan fingerprint density at radius 2 is 1.77 bits per heavy atom. The van der Waals surface area contributed by atoms with Gasteiger partial charge >= 0.3 is 5.97 Å². The predicted octanol–water partition coefficient (Wildman–Crippen LogP) is 4.45. The minimum atomic E-state index is -1.32. The van der Waals surface area contributed by atoms with Crippen LogP contribution in [0.25, 0.3) is 33.4 Å². The Labute approximate surface area is 168 Å². The Kier molecular flexibility index (Phi) is 4.34. The van der Waals surface area contributed by atoms with Gasteiger partial charge in [-0.05, 0) is 30.7 Å². The summed E-state index contributed by atoms with van der Waals surface area (Å²) in [6, 6.07) is 8.58. The quantitative estimate of drug-likeness (QED) is 0.263. The van der Waals surface area contributed by atoms with Gasteiger partial charge in [0.2, 0.25) is 0 Å². The molecule has 0 spiro atoms. The number of nitrogens with two attached hydrogens (primary N) is 1. The molecule has 2 aliphatic rings. The van der Waals surface area contributed by atoms with Gasteiger partial charge in [-0.1, -0.05) is 12.1 Å². The summed E-state index contributed by atoms with van der Waals surface area (Å²) in [5.74, 6) is -3.16. The number of ketones is 1. The Hall–Kier alpha value is -4.07. The van der Waals surface area contributed by atoms with Gasteiger partial charge in [0, 0.05) is 34.2 Å². The van der Waals surface area contributed by atoms with E-state index >= 15 is 0 Å². The van der Waals surface area contributed by atoms with E-state index in [-0.39, 0.29) is 56.0 Å². The highest BCUT2D eigenvalue weighted by molar-refractivity contribution is 6.09. The van der Waals surface area contributed by atoms with Crippen molar-refractivity contribution in [2.24, 2.45) is 0 Å². The van der Waals surface area contributed by atoms with Crippen LogP contribution in [-0.4, -0.2) is 16.9 Å². The minimum Gasteiger partial charge on any atom is -0.478 e. The molecular weight excluding hydrogens is 394 g/mol. The number of hydrogen-bond donors (Lipinski definition) is 3. The van der Waals surface area contributed by atoms with Crippen molar-refractivity contribution in [2.75, 3.05) is 5.73 Å². The Morgan fingerprint density at radius 3 is 2.43 bits per heavy atom. The molecule has 0 amide bonds. The van der Waals surface area contributed by atoms with Gasteiger partial charge < -0.3 is 15.3 Å². The molecule has 1 aliphatic carbocycles. The van der Waals surface area contributed by atoms with Crippen LogP contribution in [-0.2, 0) is 0 Å². The maximum absolute atomic E-state index is 14.3. The molecule has 0 unspecified atom stereocenters. The fourth-order valence-electron chi connectivity index (χ4n) is 3.39. The van der Waals surface area contributed by atoms with E-state index in [1.807, 2.05) is 0 Å². The van der Waals surface area contributed by atoms with E-state index < -0.39 is 23.0 Å². The van der Waals surface area contributed by atoms with Crippen molar-refractivity contribution in [1.29, 1.82) is 5.41 Å². The molecule has 4 N–H and O–H groups in total. The maximum Gasteiger partial charge on any atom is 0.336 e. The normalized spacial score (nSPS) is 11.2. The number of carbonyl (C=O) groups is 2. The standard InChI is InChI=1S/C22H14F2N2O4/c1-9(27)10-2-3-11(12(4-10)22(28)29)21-13-5-15(23)17(25)7-19(13)30-20-8-18(26)16(24)6-14(20)21/h2-8,25H,26H2,1H3,(H,28,29). The number of nitrogens with one attached hydrogen (secondary N) is 1. The van der Waals surface area contributed by atoms with Gasteiger partial charge in [0.15, 0.2) is 5.78 Å². The molecule has 0 saturated heterocycles. The van der Waals surface area contributed by atoms with E-state index in [0.717, 1.165) is 18.2 Å². The van der Waals surface area contributed by atoms with Crippen LogP contribution in [0, 0.1) is 17.0 Å². The molecule has 0 radical (unpaired) electrons. The second-order valence-corrected chi connectivity index (χ2v) is 6.80. The van der Waals surface area contributed by atoms with Crippen molar-refractivity contribution in [1.82, 2.24) is 0 Å². The van der Waals surface area contributed by atoms with Crippen molar-refractivity contribution in [2.45, 2.75) is 6.92 Å². The molecule has 1 heterocycles. The number of carboxylic acid groups (broad SMARTS) is 1. The fourth-order valence-corrected chi connectivity index (χ4v) is 3.39. The molecule has 0 fully saturated rings. The van der Waals surface area contributed by atoms with Gasteiger partial charge in [0.1, 0.15) is 23.0 Å². The van der Waals surface area contributed by atoms with Gasteiger partial charge in [-0.2, -0.15) is 0 Å². The van der Waals surface area contributed by atoms with Crippen LogP contribution in [0.2, 0.25) is 0 Å². The summed E-state index contributed by atoms with van der Waals surface area (Å²) in [4.78, 5) is 23.7. The first kappa shape index (κ1) is 19.3. The summed E-state index contributed by atoms with van der Waals surface area (Å²) in [6.07, 6.45) is 0. The Morgan fingerprint density at radius 1 is 1.03 bits per heavy atom. The molecular formula is C22H14F2N2O4. The monoisotopic (exact) mass is 408 g/mol. The number of nitrogen functional groups attached to an aromatic ring is 1. The van der Waals surface area contributed by atoms with Crippen molar-refractivity contribution in [3.8, 4) is 22.5 Å². The SMILES string of the molecule is CC(=O)c1ccc(-c2c3cc(F)c(=N)cc-3oc3cc(N)c(F)cc23)c(C(=O)O)c1. The first-order valence-corrected chi connectivity index (χ1v) is 8.75. The molecule has 150 valence electrons. The number of halogens is 2. The molecule has 0 bridgehead atoms. The van der Waals surface area contributed by atoms with Crippen molar-refractivity contribution >= 4 is 28.4 Å². The molecule has 0 aromatic heterocycles. The topological polar surface area (TPSA) is 117 Å². The van der Waals surface area contributed by atoms with Crippen molar-refractivity contribution < 1.29 is 27.9 Å². The molecule has 4 rings (SSSR count). The Balaban J connectivity index is 2.23. The summed E-state index contributed by atoms with van der Waals surface area (Å²) < 4.78 is 34.2. The molecule has 6 nitrogen and oxygen atoms in total. The molecule has 2 aromatic rings. The van der Waals surface area contributed by atoms with Crippen molar-refractivity contribution in [3.63, 3.8) is 0 Å². The summed E-state index contributed by atoms with van der Waals surface area (Å²) in [5, 5.41) is 17.2. The number of hydrogen-bond acceptors (Lipinski definition) is 5. The first-order valence-electron chi connectivity index (χ1n) is 8.75. The largest absolute Gasteiger partial charge is 0.478 e.